The highest BCUT2D eigenvalue weighted by molar-refractivity contribution is 7.09. The summed E-state index contributed by atoms with van der Waals surface area (Å²) in [6.45, 7) is 5.37. The molecule has 0 bridgehead atoms. The van der Waals surface area contributed by atoms with Crippen LogP contribution in [0.25, 0.3) is 0 Å². The maximum atomic E-state index is 12.0. The van der Waals surface area contributed by atoms with Crippen LogP contribution in [0, 0.1) is 13.8 Å². The lowest BCUT2D eigenvalue weighted by molar-refractivity contribution is -0.156. The summed E-state index contributed by atoms with van der Waals surface area (Å²) in [6, 6.07) is 7.35. The van der Waals surface area contributed by atoms with Crippen LogP contribution in [-0.4, -0.2) is 24.6 Å². The van der Waals surface area contributed by atoms with Gasteiger partial charge in [-0.15, -0.1) is 11.3 Å². The van der Waals surface area contributed by atoms with E-state index in [0.29, 0.717) is 17.3 Å². The lowest BCUT2D eigenvalue weighted by atomic mass is 10.1. The number of carbonyl (C=O) groups is 2. The Morgan fingerprint density at radius 3 is 2.56 bits per heavy atom. The van der Waals surface area contributed by atoms with E-state index < -0.39 is 12.1 Å². The van der Waals surface area contributed by atoms with Gasteiger partial charge < -0.3 is 14.8 Å². The smallest absolute Gasteiger partial charge is 0.344 e. The van der Waals surface area contributed by atoms with Crippen molar-refractivity contribution in [3.63, 3.8) is 0 Å². The molecule has 0 unspecified atom stereocenters. The average molecular weight is 382 g/mol. The summed E-state index contributed by atoms with van der Waals surface area (Å²) in [5, 5.41) is 5.27. The number of nitrogens with one attached hydrogen (secondary N) is 1. The summed E-state index contributed by atoms with van der Waals surface area (Å²) < 4.78 is 10.6. The first kappa shape index (κ1) is 19.3. The van der Waals surface area contributed by atoms with Crippen molar-refractivity contribution in [3.8, 4) is 5.75 Å². The van der Waals surface area contributed by atoms with Gasteiger partial charge in [0.15, 0.2) is 12.7 Å². The van der Waals surface area contributed by atoms with Gasteiger partial charge in [0, 0.05) is 9.90 Å². The van der Waals surface area contributed by atoms with Gasteiger partial charge in [-0.1, -0.05) is 17.7 Å². The molecule has 2 aromatic rings. The fourth-order valence-electron chi connectivity index (χ4n) is 2.27. The first-order valence-electron chi connectivity index (χ1n) is 7.76. The normalized spacial score (nSPS) is 11.7. The van der Waals surface area contributed by atoms with Crippen molar-refractivity contribution in [1.29, 1.82) is 0 Å². The van der Waals surface area contributed by atoms with Crippen LogP contribution in [0.3, 0.4) is 0 Å². The molecule has 0 radical (unpaired) electrons. The van der Waals surface area contributed by atoms with Crippen LogP contribution in [0.4, 0.5) is 0 Å². The summed E-state index contributed by atoms with van der Waals surface area (Å²) in [7, 11) is 0. The molecule has 0 saturated carbocycles. The van der Waals surface area contributed by atoms with Crippen molar-refractivity contribution in [2.45, 2.75) is 33.4 Å². The van der Waals surface area contributed by atoms with Gasteiger partial charge in [0.25, 0.3) is 5.91 Å². The van der Waals surface area contributed by atoms with Crippen molar-refractivity contribution in [2.24, 2.45) is 0 Å². The van der Waals surface area contributed by atoms with E-state index in [4.69, 9.17) is 21.1 Å². The average Bonchev–Trinajstić information content (AvgIpc) is 3.04. The first-order valence-corrected chi connectivity index (χ1v) is 9.01. The molecular weight excluding hydrogens is 362 g/mol. The van der Waals surface area contributed by atoms with Crippen LogP contribution in [-0.2, 0) is 20.9 Å². The summed E-state index contributed by atoms with van der Waals surface area (Å²) in [4.78, 5) is 24.9. The number of aryl methyl sites for hydroxylation is 2. The van der Waals surface area contributed by atoms with Gasteiger partial charge >= 0.3 is 5.97 Å². The molecule has 1 amide bonds. The molecule has 0 aliphatic rings. The standard InChI is InChI=1S/C18H20ClNO4S/c1-11-7-14(19)8-12(2)17(11)23-10-16(21)24-13(3)18(22)20-9-15-5-4-6-25-15/h4-8,13H,9-10H2,1-3H3,(H,20,22)/t13-/m1/s1. The number of rotatable bonds is 7. The molecule has 1 heterocycles. The van der Waals surface area contributed by atoms with E-state index in [1.807, 2.05) is 31.4 Å². The van der Waals surface area contributed by atoms with Crippen molar-refractivity contribution < 1.29 is 19.1 Å². The third-order valence-electron chi connectivity index (χ3n) is 3.45. The Balaban J connectivity index is 1.80. The molecule has 7 heteroatoms. The highest BCUT2D eigenvalue weighted by Gasteiger charge is 2.18. The minimum atomic E-state index is -0.886. The lowest BCUT2D eigenvalue weighted by Gasteiger charge is -2.15. The molecule has 134 valence electrons. The van der Waals surface area contributed by atoms with Gasteiger partial charge in [0.1, 0.15) is 5.75 Å². The molecule has 0 spiro atoms. The minimum absolute atomic E-state index is 0.272. The zero-order chi connectivity index (χ0) is 18.4. The van der Waals surface area contributed by atoms with E-state index in [1.165, 1.54) is 6.92 Å². The van der Waals surface area contributed by atoms with Gasteiger partial charge in [0.05, 0.1) is 6.54 Å². The van der Waals surface area contributed by atoms with Crippen LogP contribution in [0.2, 0.25) is 5.02 Å². The second-order valence-corrected chi connectivity index (χ2v) is 7.06. The molecule has 0 saturated heterocycles. The summed E-state index contributed by atoms with van der Waals surface area (Å²) >= 11 is 7.51. The Bertz CT molecular complexity index is 723. The highest BCUT2D eigenvalue weighted by atomic mass is 35.5. The Morgan fingerprint density at radius 1 is 1.28 bits per heavy atom. The Hall–Kier alpha value is -2.05. The predicted molar refractivity (Wildman–Crippen MR) is 98.1 cm³/mol. The van der Waals surface area contributed by atoms with E-state index in [0.717, 1.165) is 16.0 Å². The molecule has 0 aliphatic heterocycles. The summed E-state index contributed by atoms with van der Waals surface area (Å²) in [6.07, 6.45) is -0.886. The van der Waals surface area contributed by atoms with E-state index in [2.05, 4.69) is 5.32 Å². The first-order chi connectivity index (χ1) is 11.9. The molecule has 1 atom stereocenters. The van der Waals surface area contributed by atoms with Crippen LogP contribution in [0.15, 0.2) is 29.6 Å². The van der Waals surface area contributed by atoms with Gasteiger partial charge in [-0.05, 0) is 55.5 Å². The lowest BCUT2D eigenvalue weighted by Crippen LogP contribution is -2.36. The zero-order valence-electron chi connectivity index (χ0n) is 14.3. The van der Waals surface area contributed by atoms with E-state index in [-0.39, 0.29) is 12.5 Å². The number of halogens is 1. The summed E-state index contributed by atoms with van der Waals surface area (Å²) in [5.41, 5.74) is 1.67. The topological polar surface area (TPSA) is 64.6 Å². The quantitative estimate of drug-likeness (QED) is 0.743. The number of amides is 1. The Labute approximate surface area is 155 Å². The fraction of sp³-hybridized carbons (Fsp3) is 0.333. The number of hydrogen-bond acceptors (Lipinski definition) is 5. The van der Waals surface area contributed by atoms with E-state index in [9.17, 15) is 9.59 Å². The number of esters is 1. The third kappa shape index (κ3) is 5.76. The Morgan fingerprint density at radius 2 is 1.96 bits per heavy atom. The number of benzene rings is 1. The maximum Gasteiger partial charge on any atom is 0.344 e. The molecule has 1 aromatic carbocycles. The molecule has 0 fully saturated rings. The van der Waals surface area contributed by atoms with Crippen molar-refractivity contribution in [3.05, 3.63) is 50.7 Å². The van der Waals surface area contributed by atoms with Gasteiger partial charge in [-0.2, -0.15) is 0 Å². The van der Waals surface area contributed by atoms with Gasteiger partial charge in [-0.25, -0.2) is 4.79 Å². The Kier molecular flexibility index (Phi) is 6.84. The van der Waals surface area contributed by atoms with Crippen LogP contribution < -0.4 is 10.1 Å². The zero-order valence-corrected chi connectivity index (χ0v) is 15.9. The maximum absolute atomic E-state index is 12.0. The second kappa shape index (κ2) is 8.87. The third-order valence-corrected chi connectivity index (χ3v) is 4.55. The van der Waals surface area contributed by atoms with Crippen LogP contribution >= 0.6 is 22.9 Å². The predicted octanol–water partition coefficient (Wildman–Crippen LogP) is 3.65. The number of thiophene rings is 1. The SMILES string of the molecule is Cc1cc(Cl)cc(C)c1OCC(=O)O[C@H](C)C(=O)NCc1cccs1. The van der Waals surface area contributed by atoms with Crippen molar-refractivity contribution in [2.75, 3.05) is 6.61 Å². The van der Waals surface area contributed by atoms with Gasteiger partial charge in [0.2, 0.25) is 0 Å². The largest absolute Gasteiger partial charge is 0.481 e. The van der Waals surface area contributed by atoms with Crippen molar-refractivity contribution in [1.82, 2.24) is 5.32 Å². The summed E-state index contributed by atoms with van der Waals surface area (Å²) in [5.74, 6) is -0.357. The van der Waals surface area contributed by atoms with Crippen molar-refractivity contribution >= 4 is 34.8 Å². The molecule has 1 aromatic heterocycles. The second-order valence-electron chi connectivity index (χ2n) is 5.59. The number of carbonyl (C=O) groups excluding carboxylic acids is 2. The van der Waals surface area contributed by atoms with E-state index >= 15 is 0 Å². The molecule has 2 rings (SSSR count). The highest BCUT2D eigenvalue weighted by Crippen LogP contribution is 2.27. The minimum Gasteiger partial charge on any atom is -0.481 e. The molecular formula is C18H20ClNO4S. The number of hydrogen-bond donors (Lipinski definition) is 1. The number of ether oxygens (including phenoxy) is 2. The fourth-order valence-corrected chi connectivity index (χ4v) is 3.24. The molecule has 0 aliphatic carbocycles. The van der Waals surface area contributed by atoms with Gasteiger partial charge in [-0.3, -0.25) is 4.79 Å². The molecule has 25 heavy (non-hydrogen) atoms. The monoisotopic (exact) mass is 381 g/mol. The van der Waals surface area contributed by atoms with Crippen LogP contribution in [0.1, 0.15) is 22.9 Å². The molecule has 1 N–H and O–H groups in total. The van der Waals surface area contributed by atoms with Crippen LogP contribution in [0.5, 0.6) is 5.75 Å². The molecule has 5 nitrogen and oxygen atoms in total. The van der Waals surface area contributed by atoms with E-state index in [1.54, 1.807) is 23.5 Å².